The van der Waals surface area contributed by atoms with Gasteiger partial charge in [-0.1, -0.05) is 19.1 Å². The number of nitrogens with zero attached hydrogens (tertiary/aromatic N) is 1. The van der Waals surface area contributed by atoms with E-state index in [-0.39, 0.29) is 0 Å². The predicted molar refractivity (Wildman–Crippen MR) is 80.7 cm³/mol. The number of allylic oxidation sites excluding steroid dienone is 6. The van der Waals surface area contributed by atoms with Gasteiger partial charge in [-0.25, -0.2) is 0 Å². The molecule has 1 rings (SSSR count). The highest BCUT2D eigenvalue weighted by Crippen LogP contribution is 2.31. The lowest BCUT2D eigenvalue weighted by Gasteiger charge is -2.26. The predicted octanol–water partition coefficient (Wildman–Crippen LogP) is 4.16. The summed E-state index contributed by atoms with van der Waals surface area (Å²) in [5.41, 5.74) is 6.72. The van der Waals surface area contributed by atoms with Crippen molar-refractivity contribution >= 4 is 0 Å². The zero-order valence-corrected chi connectivity index (χ0v) is 12.8. The lowest BCUT2D eigenvalue weighted by Crippen LogP contribution is -2.22. The fourth-order valence-electron chi connectivity index (χ4n) is 2.46. The van der Waals surface area contributed by atoms with Crippen molar-refractivity contribution in [2.45, 2.75) is 45.2 Å². The van der Waals surface area contributed by atoms with Crippen molar-refractivity contribution in [1.29, 1.82) is 0 Å². The molecule has 0 bridgehead atoms. The highest BCUT2D eigenvalue weighted by molar-refractivity contribution is 5.37. The number of hydrogen-bond acceptors (Lipinski definition) is 2. The van der Waals surface area contributed by atoms with Gasteiger partial charge in [0.25, 0.3) is 0 Å². The Morgan fingerprint density at radius 3 is 2.57 bits per heavy atom. The summed E-state index contributed by atoms with van der Waals surface area (Å²) in [6.07, 6.45) is 3.71. The van der Waals surface area contributed by atoms with Gasteiger partial charge < -0.3 is 10.6 Å². The minimum Gasteiger partial charge on any atom is -0.378 e. The van der Waals surface area contributed by atoms with Gasteiger partial charge in [0, 0.05) is 19.3 Å². The molecule has 2 nitrogen and oxygen atoms in total. The van der Waals surface area contributed by atoms with Crippen molar-refractivity contribution in [2.24, 2.45) is 5.73 Å². The Bertz CT molecular complexity index is 420. The topological polar surface area (TPSA) is 29.3 Å². The zero-order chi connectivity index (χ0) is 15.9. The molecule has 21 heavy (non-hydrogen) atoms. The molecule has 0 radical (unpaired) electrons. The van der Waals surface area contributed by atoms with Crippen molar-refractivity contribution in [3.8, 4) is 0 Å². The lowest BCUT2D eigenvalue weighted by atomic mass is 9.99. The van der Waals surface area contributed by atoms with E-state index in [1.54, 1.807) is 6.08 Å². The fraction of sp³-hybridized carbons (Fsp3) is 0.625. The van der Waals surface area contributed by atoms with Crippen LogP contribution < -0.4 is 5.73 Å². The summed E-state index contributed by atoms with van der Waals surface area (Å²) in [4.78, 5) is 2.08. The van der Waals surface area contributed by atoms with Crippen LogP contribution in [0.1, 0.15) is 39.0 Å². The first-order valence-corrected chi connectivity index (χ1v) is 7.48. The van der Waals surface area contributed by atoms with E-state index >= 15 is 0 Å². The molecule has 0 spiro atoms. The molecule has 0 fully saturated rings. The average molecular weight is 302 g/mol. The third-order valence-electron chi connectivity index (χ3n) is 3.66. The molecular weight excluding hydrogens is 277 g/mol. The van der Waals surface area contributed by atoms with Gasteiger partial charge in [-0.3, -0.25) is 0 Å². The number of unbranched alkanes of at least 4 members (excludes halogenated alkanes) is 1. The van der Waals surface area contributed by atoms with Crippen LogP contribution in [0, 0.1) is 0 Å². The van der Waals surface area contributed by atoms with Gasteiger partial charge in [-0.05, 0) is 50.3 Å². The summed E-state index contributed by atoms with van der Waals surface area (Å²) in [5, 5.41) is 0. The average Bonchev–Trinajstić information content (AvgIpc) is 2.37. The van der Waals surface area contributed by atoms with Gasteiger partial charge in [-0.2, -0.15) is 13.2 Å². The van der Waals surface area contributed by atoms with Crippen LogP contribution in [0.15, 0.2) is 35.1 Å². The van der Waals surface area contributed by atoms with E-state index in [2.05, 4.69) is 4.90 Å². The second-order valence-electron chi connectivity index (χ2n) is 5.28. The molecule has 5 heteroatoms. The molecule has 0 heterocycles. The standard InChI is InChI=1S/C16H25F3N2/c1-3-13-12-14(16(17,18)19)8-4-5-9-15(13)21(2)11-7-6-10-20/h4,8,12H,3,5-7,9-11,20H2,1-2H3/b8-4+,14-12?,15-13?. The summed E-state index contributed by atoms with van der Waals surface area (Å²) >= 11 is 0. The Balaban J connectivity index is 3.02. The normalized spacial score (nSPS) is 18.1. The monoisotopic (exact) mass is 302 g/mol. The van der Waals surface area contributed by atoms with E-state index in [4.69, 9.17) is 5.73 Å². The summed E-state index contributed by atoms with van der Waals surface area (Å²) < 4.78 is 38.9. The van der Waals surface area contributed by atoms with E-state index < -0.39 is 11.7 Å². The molecule has 1 aliphatic rings. The molecule has 0 aromatic carbocycles. The Hall–Kier alpha value is -1.23. The van der Waals surface area contributed by atoms with Gasteiger partial charge in [0.2, 0.25) is 0 Å². The highest BCUT2D eigenvalue weighted by atomic mass is 19.4. The Labute approximate surface area is 125 Å². The number of hydrogen-bond donors (Lipinski definition) is 1. The molecule has 120 valence electrons. The van der Waals surface area contributed by atoms with E-state index in [1.165, 1.54) is 12.2 Å². The molecule has 1 aliphatic carbocycles. The largest absolute Gasteiger partial charge is 0.416 e. The van der Waals surface area contributed by atoms with Crippen molar-refractivity contribution in [3.05, 3.63) is 35.1 Å². The third kappa shape index (κ3) is 5.58. The minimum absolute atomic E-state index is 0.563. The molecule has 2 N–H and O–H groups in total. The maximum absolute atomic E-state index is 13.0. The fourth-order valence-corrected chi connectivity index (χ4v) is 2.46. The maximum atomic E-state index is 13.0. The first kappa shape index (κ1) is 17.8. The van der Waals surface area contributed by atoms with Crippen LogP contribution >= 0.6 is 0 Å². The Morgan fingerprint density at radius 2 is 2.00 bits per heavy atom. The van der Waals surface area contributed by atoms with Crippen LogP contribution in [0.3, 0.4) is 0 Å². The van der Waals surface area contributed by atoms with Crippen LogP contribution in [0.2, 0.25) is 0 Å². The SMILES string of the molecule is CCC1=C(N(C)CCCCN)CC/C=C/C(C(F)(F)F)=C1. The van der Waals surface area contributed by atoms with Gasteiger partial charge >= 0.3 is 6.18 Å². The van der Waals surface area contributed by atoms with Gasteiger partial charge in [0.05, 0.1) is 5.57 Å². The quantitative estimate of drug-likeness (QED) is 0.747. The smallest absolute Gasteiger partial charge is 0.378 e. The summed E-state index contributed by atoms with van der Waals surface area (Å²) in [5.74, 6) is 0. The summed E-state index contributed by atoms with van der Waals surface area (Å²) in [6.45, 7) is 3.38. The van der Waals surface area contributed by atoms with Crippen LogP contribution in [-0.2, 0) is 0 Å². The van der Waals surface area contributed by atoms with E-state index in [0.29, 0.717) is 19.4 Å². The molecule has 0 aliphatic heterocycles. The maximum Gasteiger partial charge on any atom is 0.416 e. The van der Waals surface area contributed by atoms with Crippen LogP contribution in [0.25, 0.3) is 0 Å². The summed E-state index contributed by atoms with van der Waals surface area (Å²) in [6, 6.07) is 0. The van der Waals surface area contributed by atoms with Crippen molar-refractivity contribution in [3.63, 3.8) is 0 Å². The molecule has 0 saturated heterocycles. The molecular formula is C16H25F3N2. The molecule has 0 unspecified atom stereocenters. The number of halogens is 3. The minimum atomic E-state index is -4.29. The van der Waals surface area contributed by atoms with Crippen molar-refractivity contribution in [2.75, 3.05) is 20.1 Å². The number of nitrogens with two attached hydrogens (primary N) is 1. The molecule has 0 amide bonds. The Morgan fingerprint density at radius 1 is 1.29 bits per heavy atom. The first-order valence-electron chi connectivity index (χ1n) is 7.48. The lowest BCUT2D eigenvalue weighted by molar-refractivity contribution is -0.0882. The van der Waals surface area contributed by atoms with Crippen LogP contribution in [0.5, 0.6) is 0 Å². The third-order valence-corrected chi connectivity index (χ3v) is 3.66. The summed E-state index contributed by atoms with van der Waals surface area (Å²) in [7, 11) is 1.95. The van der Waals surface area contributed by atoms with Crippen LogP contribution in [-0.4, -0.2) is 31.2 Å². The molecule has 0 aromatic heterocycles. The van der Waals surface area contributed by atoms with Crippen molar-refractivity contribution < 1.29 is 13.2 Å². The second-order valence-corrected chi connectivity index (χ2v) is 5.28. The molecule has 0 atom stereocenters. The second kappa shape index (κ2) is 8.27. The van der Waals surface area contributed by atoms with Crippen LogP contribution in [0.4, 0.5) is 13.2 Å². The van der Waals surface area contributed by atoms with E-state index in [9.17, 15) is 13.2 Å². The highest BCUT2D eigenvalue weighted by Gasteiger charge is 2.32. The van der Waals surface area contributed by atoms with Crippen molar-refractivity contribution in [1.82, 2.24) is 4.90 Å². The van der Waals surface area contributed by atoms with E-state index in [1.807, 2.05) is 14.0 Å². The van der Waals surface area contributed by atoms with Gasteiger partial charge in [-0.15, -0.1) is 0 Å². The first-order chi connectivity index (χ1) is 9.90. The number of rotatable bonds is 6. The zero-order valence-electron chi connectivity index (χ0n) is 12.8. The van der Waals surface area contributed by atoms with E-state index in [0.717, 1.165) is 37.1 Å². The Kier molecular flexibility index (Phi) is 7.02. The molecule has 0 saturated carbocycles. The number of alkyl halides is 3. The van der Waals surface area contributed by atoms with Gasteiger partial charge in [0.15, 0.2) is 0 Å². The molecule has 0 aromatic rings. The van der Waals surface area contributed by atoms with Gasteiger partial charge in [0.1, 0.15) is 0 Å².